The van der Waals surface area contributed by atoms with Crippen molar-refractivity contribution in [1.29, 1.82) is 0 Å². The second-order valence-corrected chi connectivity index (χ2v) is 5.10. The van der Waals surface area contributed by atoms with Crippen molar-refractivity contribution in [2.24, 2.45) is 0 Å². The van der Waals surface area contributed by atoms with E-state index >= 15 is 0 Å². The number of aromatic nitrogens is 1. The van der Waals surface area contributed by atoms with Gasteiger partial charge < -0.3 is 9.88 Å². The van der Waals surface area contributed by atoms with Gasteiger partial charge in [0.1, 0.15) is 5.03 Å². The lowest BCUT2D eigenvalue weighted by Crippen LogP contribution is -2.33. The number of benzene rings is 1. The highest BCUT2D eigenvalue weighted by Crippen LogP contribution is 2.39. The molecule has 94 valence electrons. The third-order valence-electron chi connectivity index (χ3n) is 3.75. The van der Waals surface area contributed by atoms with E-state index in [1.165, 1.54) is 4.90 Å². The molecule has 1 aromatic carbocycles. The smallest absolute Gasteiger partial charge is 0.300 e. The molecular weight excluding hydrogens is 264 g/mol. The average molecular weight is 273 g/mol. The average Bonchev–Trinajstić information content (AvgIpc) is 2.91. The van der Waals surface area contributed by atoms with Gasteiger partial charge in [0.2, 0.25) is 0 Å². The summed E-state index contributed by atoms with van der Waals surface area (Å²) >= 11 is 6.03. The Morgan fingerprint density at radius 2 is 2.00 bits per heavy atom. The zero-order chi connectivity index (χ0) is 13.1. The largest absolute Gasteiger partial charge is 0.353 e. The van der Waals surface area contributed by atoms with Crippen LogP contribution in [0.2, 0.25) is 0 Å². The van der Waals surface area contributed by atoms with Crippen molar-refractivity contribution in [3.8, 4) is 0 Å². The molecule has 0 unspecified atom stereocenters. The van der Waals surface area contributed by atoms with Crippen LogP contribution in [0.5, 0.6) is 0 Å². The zero-order valence-corrected chi connectivity index (χ0v) is 10.6. The number of H-pyrrole nitrogens is 1. The van der Waals surface area contributed by atoms with E-state index in [9.17, 15) is 9.59 Å². The predicted molar refractivity (Wildman–Crippen MR) is 71.5 cm³/mol. The molecule has 0 atom stereocenters. The normalized spacial score (nSPS) is 18.3. The van der Waals surface area contributed by atoms with Crippen molar-refractivity contribution >= 4 is 39.9 Å². The summed E-state index contributed by atoms with van der Waals surface area (Å²) in [7, 11) is 0. The van der Waals surface area contributed by atoms with Crippen LogP contribution in [-0.2, 0) is 16.0 Å². The first kappa shape index (κ1) is 10.8. The number of halogens is 1. The number of hydrogen-bond acceptors (Lipinski definition) is 2. The van der Waals surface area contributed by atoms with E-state index in [0.717, 1.165) is 28.6 Å². The first-order chi connectivity index (χ1) is 9.18. The number of fused-ring (bicyclic) bond motifs is 5. The summed E-state index contributed by atoms with van der Waals surface area (Å²) in [6.07, 6.45) is 0.728. The summed E-state index contributed by atoms with van der Waals surface area (Å²) in [5.41, 5.74) is 3.46. The van der Waals surface area contributed by atoms with Gasteiger partial charge in [-0.15, -0.1) is 0 Å². The van der Waals surface area contributed by atoms with Crippen LogP contribution in [0.15, 0.2) is 29.3 Å². The summed E-state index contributed by atoms with van der Waals surface area (Å²) < 4.78 is 0. The van der Waals surface area contributed by atoms with Crippen LogP contribution in [0, 0.1) is 0 Å². The molecule has 0 saturated carbocycles. The lowest BCUT2D eigenvalue weighted by Gasteiger charge is -2.24. The molecule has 3 heterocycles. The fourth-order valence-corrected chi connectivity index (χ4v) is 3.16. The topological polar surface area (TPSA) is 53.2 Å². The Morgan fingerprint density at radius 1 is 1.21 bits per heavy atom. The highest BCUT2D eigenvalue weighted by Gasteiger charge is 2.42. The number of ketones is 1. The number of carbonyl (C=O) groups is 2. The van der Waals surface area contributed by atoms with E-state index < -0.39 is 11.7 Å². The number of aromatic amines is 1. The maximum Gasteiger partial charge on any atom is 0.300 e. The Bertz CT molecular complexity index is 788. The van der Waals surface area contributed by atoms with Gasteiger partial charge in [0.05, 0.1) is 11.4 Å². The molecule has 19 heavy (non-hydrogen) atoms. The van der Waals surface area contributed by atoms with Gasteiger partial charge in [0, 0.05) is 17.4 Å². The summed E-state index contributed by atoms with van der Waals surface area (Å²) in [5, 5.41) is 1.15. The minimum Gasteiger partial charge on any atom is -0.353 e. The SMILES string of the molecule is O=C1C(=O)N2CCc3c([nH]c4ccccc34)C2=C1Cl. The summed E-state index contributed by atoms with van der Waals surface area (Å²) in [6, 6.07) is 7.94. The van der Waals surface area contributed by atoms with E-state index in [1.807, 2.05) is 24.3 Å². The molecule has 5 heteroatoms. The lowest BCUT2D eigenvalue weighted by molar-refractivity contribution is -0.138. The Kier molecular flexibility index (Phi) is 1.98. The van der Waals surface area contributed by atoms with E-state index in [2.05, 4.69) is 4.98 Å². The second-order valence-electron chi connectivity index (χ2n) is 4.72. The van der Waals surface area contributed by atoms with Crippen molar-refractivity contribution in [1.82, 2.24) is 9.88 Å². The van der Waals surface area contributed by atoms with Crippen LogP contribution < -0.4 is 0 Å². The molecule has 2 aliphatic rings. The molecule has 1 amide bonds. The van der Waals surface area contributed by atoms with Gasteiger partial charge in [0.15, 0.2) is 0 Å². The van der Waals surface area contributed by atoms with Crippen LogP contribution in [0.25, 0.3) is 16.6 Å². The van der Waals surface area contributed by atoms with Crippen molar-refractivity contribution in [3.05, 3.63) is 40.6 Å². The number of amides is 1. The predicted octanol–water partition coefficient (Wildman–Crippen LogP) is 2.04. The number of para-hydroxylation sites is 1. The second kappa shape index (κ2) is 3.48. The molecule has 0 aliphatic carbocycles. The maximum atomic E-state index is 11.8. The molecule has 4 nitrogen and oxygen atoms in total. The molecular formula is C14H9ClN2O2. The van der Waals surface area contributed by atoms with E-state index in [-0.39, 0.29) is 5.03 Å². The quantitative estimate of drug-likeness (QED) is 0.746. The Labute approximate surface area is 113 Å². The molecule has 0 saturated heterocycles. The number of rotatable bonds is 0. The van der Waals surface area contributed by atoms with Crippen LogP contribution in [0.1, 0.15) is 11.3 Å². The minimum absolute atomic E-state index is 0.0255. The Morgan fingerprint density at radius 3 is 2.84 bits per heavy atom. The van der Waals surface area contributed by atoms with Gasteiger partial charge in [-0.3, -0.25) is 9.59 Å². The molecule has 0 spiro atoms. The molecule has 4 rings (SSSR count). The monoisotopic (exact) mass is 272 g/mol. The first-order valence-corrected chi connectivity index (χ1v) is 6.42. The summed E-state index contributed by atoms with van der Waals surface area (Å²) in [4.78, 5) is 28.3. The van der Waals surface area contributed by atoms with Gasteiger partial charge in [-0.1, -0.05) is 29.8 Å². The van der Waals surface area contributed by atoms with Crippen molar-refractivity contribution < 1.29 is 9.59 Å². The number of nitrogens with zero attached hydrogens (tertiary/aromatic N) is 1. The molecule has 0 bridgehead atoms. The standard InChI is InChI=1S/C14H9ClN2O2/c15-10-12-11-8(5-6-17(12)14(19)13(10)18)7-3-1-2-4-9(7)16-11/h1-4,16H,5-6H2. The number of carbonyl (C=O) groups excluding carboxylic acids is 2. The van der Waals surface area contributed by atoms with E-state index in [0.29, 0.717) is 12.2 Å². The minimum atomic E-state index is -0.608. The van der Waals surface area contributed by atoms with Crippen LogP contribution >= 0.6 is 11.6 Å². The van der Waals surface area contributed by atoms with Crippen LogP contribution in [0.4, 0.5) is 0 Å². The van der Waals surface area contributed by atoms with Crippen molar-refractivity contribution in [2.45, 2.75) is 6.42 Å². The highest BCUT2D eigenvalue weighted by molar-refractivity contribution is 6.63. The zero-order valence-electron chi connectivity index (χ0n) is 9.87. The molecule has 2 aliphatic heterocycles. The highest BCUT2D eigenvalue weighted by atomic mass is 35.5. The molecule has 2 aromatic rings. The van der Waals surface area contributed by atoms with Crippen molar-refractivity contribution in [3.63, 3.8) is 0 Å². The third-order valence-corrected chi connectivity index (χ3v) is 4.10. The van der Waals surface area contributed by atoms with E-state index in [4.69, 9.17) is 11.6 Å². The van der Waals surface area contributed by atoms with Crippen molar-refractivity contribution in [2.75, 3.05) is 6.54 Å². The Hall–Kier alpha value is -2.07. The number of nitrogens with one attached hydrogen (secondary N) is 1. The van der Waals surface area contributed by atoms with E-state index in [1.54, 1.807) is 0 Å². The number of Topliss-reactive ketones (excluding diaryl/α,β-unsaturated/α-hetero) is 1. The first-order valence-electron chi connectivity index (χ1n) is 6.04. The van der Waals surface area contributed by atoms with Gasteiger partial charge in [-0.2, -0.15) is 0 Å². The molecule has 1 aromatic heterocycles. The van der Waals surface area contributed by atoms with Crippen LogP contribution in [0.3, 0.4) is 0 Å². The van der Waals surface area contributed by atoms with Gasteiger partial charge in [0.25, 0.3) is 5.78 Å². The van der Waals surface area contributed by atoms with Gasteiger partial charge >= 0.3 is 5.91 Å². The lowest BCUT2D eigenvalue weighted by atomic mass is 10.0. The summed E-state index contributed by atoms with van der Waals surface area (Å²) in [5.74, 6) is -1.13. The molecule has 1 N–H and O–H groups in total. The summed E-state index contributed by atoms with van der Waals surface area (Å²) in [6.45, 7) is 0.505. The van der Waals surface area contributed by atoms with Gasteiger partial charge in [-0.25, -0.2) is 0 Å². The molecule has 0 radical (unpaired) electrons. The Balaban J connectivity index is 2.06. The fourth-order valence-electron chi connectivity index (χ4n) is 2.89. The van der Waals surface area contributed by atoms with Gasteiger partial charge in [-0.05, 0) is 18.1 Å². The third kappa shape index (κ3) is 1.24. The van der Waals surface area contributed by atoms with Crippen LogP contribution in [-0.4, -0.2) is 28.1 Å². The number of hydrogen-bond donors (Lipinski definition) is 1. The fraction of sp³-hybridized carbons (Fsp3) is 0.143. The molecule has 0 fully saturated rings. The maximum absolute atomic E-state index is 11.8.